The number of fused-ring (bicyclic) bond motifs is 4. The third kappa shape index (κ3) is 5.51. The zero-order chi connectivity index (χ0) is 34.8. The maximum Gasteiger partial charge on any atom is 0.256 e. The van der Waals surface area contributed by atoms with Crippen molar-refractivity contribution >= 4 is 33.8 Å². The highest BCUT2D eigenvalue weighted by atomic mass is 16.5. The number of carbonyl (C=O) groups is 2. The molecule has 2 saturated carbocycles. The second-order valence-electron chi connectivity index (χ2n) is 14.8. The molecule has 2 unspecified atom stereocenters. The third-order valence-corrected chi connectivity index (χ3v) is 11.7. The average molecular weight is 684 g/mol. The first-order chi connectivity index (χ1) is 24.9. The monoisotopic (exact) mass is 683 g/mol. The smallest absolute Gasteiger partial charge is 0.256 e. The zero-order valence-corrected chi connectivity index (χ0v) is 28.7. The van der Waals surface area contributed by atoms with Crippen molar-refractivity contribution in [2.24, 2.45) is 23.5 Å². The van der Waals surface area contributed by atoms with Gasteiger partial charge in [0.25, 0.3) is 11.8 Å². The minimum Gasteiger partial charge on any atom is -0.494 e. The van der Waals surface area contributed by atoms with Crippen LogP contribution in [0.1, 0.15) is 65.1 Å². The Morgan fingerprint density at radius 2 is 1.67 bits per heavy atom. The van der Waals surface area contributed by atoms with Crippen LogP contribution in [-0.4, -0.2) is 84.5 Å². The van der Waals surface area contributed by atoms with Gasteiger partial charge in [0, 0.05) is 73.7 Å². The summed E-state index contributed by atoms with van der Waals surface area (Å²) in [4.78, 5) is 44.4. The fourth-order valence-corrected chi connectivity index (χ4v) is 8.74. The molecular formula is C39H41N9O3. The lowest BCUT2D eigenvalue weighted by molar-refractivity contribution is 0.0679. The number of hydrogen-bond acceptors (Lipinski definition) is 8. The SMILES string of the molecule is COc1cc(C(=O)N2CC3CCC2[C@@H]3N)cc2nc(-c3cc4ccccc4n3CC3CC3)n(CC3CCN(C(=O)c4cnc(C#N)nc4)CC3)c12. The normalized spacial score (nSPS) is 21.9. The molecular weight excluding hydrogens is 642 g/mol. The van der Waals surface area contributed by atoms with Crippen molar-refractivity contribution < 1.29 is 14.3 Å². The number of benzene rings is 2. The number of nitrogens with zero attached hydrogens (tertiary/aromatic N) is 8. The van der Waals surface area contributed by atoms with Crippen LogP contribution in [0.2, 0.25) is 0 Å². The van der Waals surface area contributed by atoms with Gasteiger partial charge in [-0.05, 0) is 80.5 Å². The molecule has 2 aromatic carbocycles. The summed E-state index contributed by atoms with van der Waals surface area (Å²) in [5.41, 5.74) is 11.3. The average Bonchev–Trinajstić information content (AvgIpc) is 3.53. The van der Waals surface area contributed by atoms with Crippen molar-refractivity contribution in [1.82, 2.24) is 33.9 Å². The van der Waals surface area contributed by atoms with Gasteiger partial charge < -0.3 is 29.4 Å². The second-order valence-corrected chi connectivity index (χ2v) is 14.8. The summed E-state index contributed by atoms with van der Waals surface area (Å²) in [6.45, 7) is 3.52. The van der Waals surface area contributed by atoms with Crippen molar-refractivity contribution in [3.05, 3.63) is 71.8 Å². The standard InChI is InChI=1S/C39H41N9O3/c1-51-33-16-27(39(50)47-22-26-8-9-31(47)35(26)41)14-29-36(33)48(21-24-10-12-45(13-11-24)38(49)28-18-42-34(17-40)43-19-28)37(44-29)32-15-25-4-2-3-5-30(25)46(32)20-23-6-7-23/h2-5,14-16,18-19,23-24,26,31,35H,6-13,20-22,41H2,1H3/t26?,31?,35-/m1/s1. The molecule has 2 N–H and O–H groups in total. The Labute approximate surface area is 295 Å². The fraction of sp³-hybridized carbons (Fsp3) is 0.436. The van der Waals surface area contributed by atoms with Gasteiger partial charge in [-0.15, -0.1) is 0 Å². The van der Waals surface area contributed by atoms with E-state index in [1.54, 1.807) is 7.11 Å². The van der Waals surface area contributed by atoms with Crippen LogP contribution < -0.4 is 10.5 Å². The summed E-state index contributed by atoms with van der Waals surface area (Å²) in [7, 11) is 1.66. The molecule has 2 bridgehead atoms. The van der Waals surface area contributed by atoms with E-state index < -0.39 is 0 Å². The van der Waals surface area contributed by atoms with Crippen molar-refractivity contribution in [2.45, 2.75) is 63.7 Å². The van der Waals surface area contributed by atoms with Gasteiger partial charge in [-0.2, -0.15) is 5.26 Å². The van der Waals surface area contributed by atoms with E-state index in [0.29, 0.717) is 54.9 Å². The molecule has 4 aliphatic rings. The predicted molar refractivity (Wildman–Crippen MR) is 191 cm³/mol. The summed E-state index contributed by atoms with van der Waals surface area (Å²) < 4.78 is 10.8. The van der Waals surface area contributed by atoms with Crippen molar-refractivity contribution in [1.29, 1.82) is 5.26 Å². The number of likely N-dealkylation sites (tertiary alicyclic amines) is 2. The summed E-state index contributed by atoms with van der Waals surface area (Å²) in [5.74, 6) is 2.69. The van der Waals surface area contributed by atoms with Gasteiger partial charge >= 0.3 is 0 Å². The van der Waals surface area contributed by atoms with Gasteiger partial charge in [0.2, 0.25) is 5.82 Å². The zero-order valence-electron chi connectivity index (χ0n) is 28.7. The van der Waals surface area contributed by atoms with Gasteiger partial charge in [-0.3, -0.25) is 9.59 Å². The Balaban J connectivity index is 1.08. The van der Waals surface area contributed by atoms with Crippen LogP contribution in [0.25, 0.3) is 33.5 Å². The Kier molecular flexibility index (Phi) is 7.76. The lowest BCUT2D eigenvalue weighted by Crippen LogP contribution is -2.41. The number of imidazole rings is 1. The number of ether oxygens (including phenoxy) is 1. The molecule has 3 aromatic heterocycles. The molecule has 4 fully saturated rings. The fourth-order valence-electron chi connectivity index (χ4n) is 8.74. The molecule has 2 amide bonds. The number of hydrogen-bond donors (Lipinski definition) is 1. The Morgan fingerprint density at radius 1 is 0.922 bits per heavy atom. The number of nitriles is 1. The second kappa shape index (κ2) is 12.5. The van der Waals surface area contributed by atoms with E-state index in [1.165, 1.54) is 36.1 Å². The third-order valence-electron chi connectivity index (χ3n) is 11.7. The molecule has 5 aromatic rings. The number of amides is 2. The lowest BCUT2D eigenvalue weighted by atomic mass is 9.96. The molecule has 3 atom stereocenters. The molecule has 51 heavy (non-hydrogen) atoms. The number of carbonyl (C=O) groups excluding carboxylic acids is 2. The molecule has 0 radical (unpaired) electrons. The molecule has 2 aliphatic heterocycles. The molecule has 2 saturated heterocycles. The molecule has 12 heteroatoms. The van der Waals surface area contributed by atoms with E-state index >= 15 is 0 Å². The topological polar surface area (TPSA) is 148 Å². The number of aromatic nitrogens is 5. The van der Waals surface area contributed by atoms with Crippen LogP contribution in [0.3, 0.4) is 0 Å². The largest absolute Gasteiger partial charge is 0.494 e. The number of piperidine rings is 2. The summed E-state index contributed by atoms with van der Waals surface area (Å²) in [6, 6.07) is 16.6. The first-order valence-corrected chi connectivity index (χ1v) is 18.1. The predicted octanol–water partition coefficient (Wildman–Crippen LogP) is 4.85. The first-order valence-electron chi connectivity index (χ1n) is 18.1. The van der Waals surface area contributed by atoms with E-state index in [-0.39, 0.29) is 35.6 Å². The molecule has 0 spiro atoms. The van der Waals surface area contributed by atoms with E-state index in [9.17, 15) is 9.59 Å². The first kappa shape index (κ1) is 31.7. The van der Waals surface area contributed by atoms with Gasteiger partial charge in [-0.1, -0.05) is 18.2 Å². The van der Waals surface area contributed by atoms with E-state index in [1.807, 2.05) is 28.0 Å². The number of nitrogens with two attached hydrogens (primary N) is 1. The molecule has 9 rings (SSSR count). The molecule has 12 nitrogen and oxygen atoms in total. The highest BCUT2D eigenvalue weighted by Gasteiger charge is 2.47. The summed E-state index contributed by atoms with van der Waals surface area (Å²) in [6.07, 6.45) is 8.97. The van der Waals surface area contributed by atoms with Gasteiger partial charge in [-0.25, -0.2) is 15.0 Å². The van der Waals surface area contributed by atoms with Crippen LogP contribution in [0.5, 0.6) is 5.75 Å². The molecule has 2 aliphatic carbocycles. The van der Waals surface area contributed by atoms with E-state index in [4.69, 9.17) is 20.7 Å². The van der Waals surface area contributed by atoms with Crippen LogP contribution >= 0.6 is 0 Å². The van der Waals surface area contributed by atoms with Crippen molar-refractivity contribution in [3.63, 3.8) is 0 Å². The van der Waals surface area contributed by atoms with Gasteiger partial charge in [0.05, 0.1) is 23.9 Å². The maximum absolute atomic E-state index is 14.0. The van der Waals surface area contributed by atoms with Crippen molar-refractivity contribution in [3.8, 4) is 23.3 Å². The van der Waals surface area contributed by atoms with E-state index in [0.717, 1.165) is 54.8 Å². The van der Waals surface area contributed by atoms with Crippen molar-refractivity contribution in [2.75, 3.05) is 26.7 Å². The molecule has 5 heterocycles. The number of methoxy groups -OCH3 is 1. The van der Waals surface area contributed by atoms with E-state index in [2.05, 4.69) is 49.4 Å². The highest BCUT2D eigenvalue weighted by Crippen LogP contribution is 2.41. The van der Waals surface area contributed by atoms with Crippen LogP contribution in [-0.2, 0) is 13.1 Å². The van der Waals surface area contributed by atoms with Crippen LogP contribution in [0, 0.1) is 29.1 Å². The Morgan fingerprint density at radius 3 is 2.35 bits per heavy atom. The molecule has 260 valence electrons. The number of para-hydroxylation sites is 1. The maximum atomic E-state index is 14.0. The van der Waals surface area contributed by atoms with Crippen LogP contribution in [0.4, 0.5) is 0 Å². The summed E-state index contributed by atoms with van der Waals surface area (Å²) >= 11 is 0. The Hall–Kier alpha value is -5.28. The van der Waals surface area contributed by atoms with Gasteiger partial charge in [0.1, 0.15) is 17.3 Å². The Bertz CT molecular complexity index is 2200. The number of rotatable bonds is 8. The highest BCUT2D eigenvalue weighted by molar-refractivity contribution is 6.00. The van der Waals surface area contributed by atoms with Gasteiger partial charge in [0.15, 0.2) is 5.82 Å². The minimum absolute atomic E-state index is 0.0125. The lowest BCUT2D eigenvalue weighted by Gasteiger charge is -2.32. The summed E-state index contributed by atoms with van der Waals surface area (Å²) in [5, 5.41) is 10.2. The van der Waals surface area contributed by atoms with Crippen LogP contribution in [0.15, 0.2) is 54.9 Å². The quantitative estimate of drug-likeness (QED) is 0.244. The minimum atomic E-state index is -0.123.